The molecule has 3 aliphatic carbocycles. The van der Waals surface area contributed by atoms with Crippen LogP contribution in [0.15, 0.2) is 12.1 Å². The number of ether oxygens (including phenoxy) is 2. The van der Waals surface area contributed by atoms with Crippen LogP contribution in [0.5, 0.6) is 5.75 Å². The maximum Gasteiger partial charge on any atom is 0.419 e. The molecular weight excluding hydrogens is 365 g/mol. The van der Waals surface area contributed by atoms with E-state index < -0.39 is 36.1 Å². The maximum absolute atomic E-state index is 13.4. The maximum atomic E-state index is 13.4. The lowest BCUT2D eigenvalue weighted by Gasteiger charge is -2.64. The number of nitrogens with one attached hydrogen (secondary N) is 1. The van der Waals surface area contributed by atoms with Gasteiger partial charge in [0, 0.05) is 23.2 Å². The molecule has 3 saturated carbocycles. The van der Waals surface area contributed by atoms with Crippen molar-refractivity contribution >= 4 is 11.7 Å². The average molecular weight is 388 g/mol. The summed E-state index contributed by atoms with van der Waals surface area (Å²) in [7, 11) is 1.29. The minimum atomic E-state index is -4.64. The second-order valence-corrected chi connectivity index (χ2v) is 7.18. The van der Waals surface area contributed by atoms with Crippen molar-refractivity contribution < 1.29 is 32.5 Å². The predicted octanol–water partition coefficient (Wildman–Crippen LogP) is 2.29. The Morgan fingerprint density at radius 2 is 2.07 bits per heavy atom. The minimum Gasteiger partial charge on any atom is -0.490 e. The summed E-state index contributed by atoms with van der Waals surface area (Å²) in [6.07, 6.45) is -1.95. The molecule has 1 aromatic rings. The van der Waals surface area contributed by atoms with Gasteiger partial charge < -0.3 is 25.6 Å². The predicted molar refractivity (Wildman–Crippen MR) is 91.1 cm³/mol. The SMILES string of the molecule is COC(=O)C(Nc1ccc(C(F)(F)F)c(OCCO)c1CN)C12CC(C1)C2. The Labute approximate surface area is 154 Å². The molecule has 9 heteroatoms. The number of methoxy groups -OCH3 is 1. The van der Waals surface area contributed by atoms with E-state index in [1.165, 1.54) is 13.2 Å². The number of rotatable bonds is 8. The fourth-order valence-corrected chi connectivity index (χ4v) is 4.14. The highest BCUT2D eigenvalue weighted by Gasteiger charge is 2.63. The van der Waals surface area contributed by atoms with E-state index in [1.54, 1.807) is 0 Å². The largest absolute Gasteiger partial charge is 0.490 e. The van der Waals surface area contributed by atoms with Gasteiger partial charge in [0.2, 0.25) is 0 Å². The van der Waals surface area contributed by atoms with Crippen molar-refractivity contribution in [3.8, 4) is 5.75 Å². The van der Waals surface area contributed by atoms with E-state index in [0.29, 0.717) is 11.6 Å². The standard InChI is InChI=1S/C18H23F3N2O4/c1-26-16(25)15(17-6-10(7-17)8-17)23-13-3-2-12(18(19,20)21)14(11(13)9-22)27-5-4-24/h2-3,10,15,23-24H,4-9,22H2,1H3. The lowest BCUT2D eigenvalue weighted by molar-refractivity contribution is -0.165. The molecule has 0 saturated heterocycles. The van der Waals surface area contributed by atoms with E-state index in [9.17, 15) is 18.0 Å². The summed E-state index contributed by atoms with van der Waals surface area (Å²) in [5, 5.41) is 12.0. The molecule has 27 heavy (non-hydrogen) atoms. The molecule has 3 aliphatic rings. The highest BCUT2D eigenvalue weighted by molar-refractivity contribution is 5.82. The first-order valence-electron chi connectivity index (χ1n) is 8.77. The summed E-state index contributed by atoms with van der Waals surface area (Å²) < 4.78 is 50.1. The first-order chi connectivity index (χ1) is 12.8. The summed E-state index contributed by atoms with van der Waals surface area (Å²) in [5.41, 5.74) is 4.95. The second kappa shape index (κ2) is 7.20. The molecule has 4 rings (SSSR count). The molecule has 6 nitrogen and oxygen atoms in total. The van der Waals surface area contributed by atoms with Crippen LogP contribution in [0, 0.1) is 11.3 Å². The number of esters is 1. The van der Waals surface area contributed by atoms with E-state index in [4.69, 9.17) is 20.3 Å². The van der Waals surface area contributed by atoms with E-state index in [2.05, 4.69) is 5.32 Å². The van der Waals surface area contributed by atoms with Crippen LogP contribution in [-0.4, -0.2) is 37.4 Å². The molecule has 1 unspecified atom stereocenters. The average Bonchev–Trinajstić information content (AvgIpc) is 2.54. The summed E-state index contributed by atoms with van der Waals surface area (Å²) in [6, 6.07) is 1.50. The summed E-state index contributed by atoms with van der Waals surface area (Å²) in [6.45, 7) is -0.962. The molecule has 0 spiro atoms. The van der Waals surface area contributed by atoms with Crippen LogP contribution in [0.25, 0.3) is 0 Å². The number of anilines is 1. The molecule has 1 aromatic carbocycles. The van der Waals surface area contributed by atoms with E-state index in [-0.39, 0.29) is 24.1 Å². The van der Waals surface area contributed by atoms with Crippen molar-refractivity contribution in [1.82, 2.24) is 0 Å². The molecule has 0 aliphatic heterocycles. The van der Waals surface area contributed by atoms with Crippen molar-refractivity contribution in [3.05, 3.63) is 23.3 Å². The van der Waals surface area contributed by atoms with Crippen LogP contribution in [0.1, 0.15) is 30.4 Å². The molecule has 1 atom stereocenters. The van der Waals surface area contributed by atoms with Crippen LogP contribution in [0.2, 0.25) is 0 Å². The van der Waals surface area contributed by atoms with Gasteiger partial charge in [-0.25, -0.2) is 4.79 Å². The number of aliphatic hydroxyl groups is 1. The molecule has 150 valence electrons. The lowest BCUT2D eigenvalue weighted by Crippen LogP contribution is -2.63. The zero-order valence-electron chi connectivity index (χ0n) is 14.9. The Hall–Kier alpha value is -2.00. The van der Waals surface area contributed by atoms with Gasteiger partial charge in [-0.1, -0.05) is 0 Å². The van der Waals surface area contributed by atoms with Gasteiger partial charge in [0.1, 0.15) is 18.4 Å². The Balaban J connectivity index is 1.97. The third-order valence-electron chi connectivity index (χ3n) is 5.54. The Morgan fingerprint density at radius 3 is 2.52 bits per heavy atom. The Kier molecular flexibility index (Phi) is 5.27. The zero-order valence-corrected chi connectivity index (χ0v) is 14.9. The molecular formula is C18H23F3N2O4. The fourth-order valence-electron chi connectivity index (χ4n) is 4.14. The van der Waals surface area contributed by atoms with Crippen molar-refractivity contribution in [2.75, 3.05) is 25.6 Å². The van der Waals surface area contributed by atoms with E-state index >= 15 is 0 Å². The normalized spacial score (nSPS) is 24.4. The van der Waals surface area contributed by atoms with Crippen LogP contribution in [-0.2, 0) is 22.3 Å². The molecule has 0 amide bonds. The highest BCUT2D eigenvalue weighted by atomic mass is 19.4. The Bertz CT molecular complexity index is 706. The molecule has 4 N–H and O–H groups in total. The molecule has 3 fully saturated rings. The number of carbonyl (C=O) groups excluding carboxylic acids is 1. The van der Waals surface area contributed by atoms with Gasteiger partial charge in [0.15, 0.2) is 0 Å². The van der Waals surface area contributed by atoms with Crippen molar-refractivity contribution in [2.24, 2.45) is 17.1 Å². The lowest BCUT2D eigenvalue weighted by atomic mass is 9.41. The molecule has 0 aromatic heterocycles. The van der Waals surface area contributed by atoms with Gasteiger partial charge in [0.25, 0.3) is 0 Å². The van der Waals surface area contributed by atoms with Crippen molar-refractivity contribution in [1.29, 1.82) is 0 Å². The fraction of sp³-hybridized carbons (Fsp3) is 0.611. The van der Waals surface area contributed by atoms with Crippen molar-refractivity contribution in [2.45, 2.75) is 38.0 Å². The number of hydrogen-bond donors (Lipinski definition) is 3. The van der Waals surface area contributed by atoms with Crippen LogP contribution in [0.4, 0.5) is 18.9 Å². The number of carbonyl (C=O) groups is 1. The second-order valence-electron chi connectivity index (χ2n) is 7.18. The molecule has 2 bridgehead atoms. The van der Waals surface area contributed by atoms with Crippen LogP contribution >= 0.6 is 0 Å². The molecule has 0 heterocycles. The Morgan fingerprint density at radius 1 is 1.41 bits per heavy atom. The quantitative estimate of drug-likeness (QED) is 0.592. The third kappa shape index (κ3) is 3.45. The van der Waals surface area contributed by atoms with Crippen molar-refractivity contribution in [3.63, 3.8) is 0 Å². The third-order valence-corrected chi connectivity index (χ3v) is 5.54. The number of alkyl halides is 3. The summed E-state index contributed by atoms with van der Waals surface area (Å²) >= 11 is 0. The minimum absolute atomic E-state index is 0.110. The van der Waals surface area contributed by atoms with Gasteiger partial charge in [0.05, 0.1) is 19.3 Å². The van der Waals surface area contributed by atoms with Crippen LogP contribution in [0.3, 0.4) is 0 Å². The summed E-state index contributed by atoms with van der Waals surface area (Å²) in [5.74, 6) is -0.261. The van der Waals surface area contributed by atoms with E-state index in [1.807, 2.05) is 0 Å². The first kappa shape index (κ1) is 19.8. The van der Waals surface area contributed by atoms with Gasteiger partial charge >= 0.3 is 12.1 Å². The number of nitrogens with two attached hydrogens (primary N) is 1. The van der Waals surface area contributed by atoms with Gasteiger partial charge in [-0.3, -0.25) is 0 Å². The van der Waals surface area contributed by atoms with Gasteiger partial charge in [-0.15, -0.1) is 0 Å². The highest BCUT2D eigenvalue weighted by Crippen LogP contribution is 2.66. The number of halogens is 3. The topological polar surface area (TPSA) is 93.8 Å². The van der Waals surface area contributed by atoms with Gasteiger partial charge in [-0.05, 0) is 37.3 Å². The van der Waals surface area contributed by atoms with Crippen LogP contribution < -0.4 is 15.8 Å². The molecule has 0 radical (unpaired) electrons. The monoisotopic (exact) mass is 388 g/mol. The smallest absolute Gasteiger partial charge is 0.419 e. The first-order valence-corrected chi connectivity index (χ1v) is 8.77. The zero-order chi connectivity index (χ0) is 19.8. The number of aliphatic hydroxyl groups excluding tert-OH is 1. The van der Waals surface area contributed by atoms with E-state index in [0.717, 1.165) is 25.3 Å². The number of benzene rings is 1. The summed E-state index contributed by atoms with van der Waals surface area (Å²) in [4.78, 5) is 12.3. The van der Waals surface area contributed by atoms with Gasteiger partial charge in [-0.2, -0.15) is 13.2 Å². The number of hydrogen-bond acceptors (Lipinski definition) is 6.